The monoisotopic (exact) mass is 335 g/mol. The minimum atomic E-state index is -0.0852. The Morgan fingerprint density at radius 1 is 1.20 bits per heavy atom. The summed E-state index contributed by atoms with van der Waals surface area (Å²) in [7, 11) is 0. The van der Waals surface area contributed by atoms with E-state index in [0.29, 0.717) is 11.2 Å². The van der Waals surface area contributed by atoms with Crippen LogP contribution >= 0.6 is 0 Å². The second kappa shape index (κ2) is 6.27. The average molecular weight is 335 g/mol. The van der Waals surface area contributed by atoms with Gasteiger partial charge in [-0.25, -0.2) is 15.0 Å². The lowest BCUT2D eigenvalue weighted by Gasteiger charge is -2.25. The molecule has 3 heterocycles. The largest absolute Gasteiger partial charge is 0.346 e. The predicted octanol–water partition coefficient (Wildman–Crippen LogP) is 3.18. The van der Waals surface area contributed by atoms with E-state index in [2.05, 4.69) is 28.7 Å². The highest BCUT2D eigenvalue weighted by Gasteiger charge is 2.29. The van der Waals surface area contributed by atoms with Gasteiger partial charge >= 0.3 is 0 Å². The lowest BCUT2D eigenvalue weighted by molar-refractivity contribution is 0.655. The number of fused-ring (bicyclic) bond motifs is 1. The first-order valence-corrected chi connectivity index (χ1v) is 8.72. The summed E-state index contributed by atoms with van der Waals surface area (Å²) in [5.41, 5.74) is 0.650. The highest BCUT2D eigenvalue weighted by Crippen LogP contribution is 2.33. The number of hydrogen-bond acceptors (Lipinski definition) is 5. The SMILES string of the molecule is CC(C)c1nccc(N2CCCC2c2nc3ccccc3c(=O)[nH]2)n1. The van der Waals surface area contributed by atoms with Crippen LogP contribution in [0.2, 0.25) is 0 Å². The number of rotatable bonds is 3. The van der Waals surface area contributed by atoms with Gasteiger partial charge in [0, 0.05) is 18.7 Å². The van der Waals surface area contributed by atoms with E-state index in [0.717, 1.165) is 36.5 Å². The molecule has 1 atom stereocenters. The molecular weight excluding hydrogens is 314 g/mol. The molecule has 1 N–H and O–H groups in total. The molecule has 128 valence electrons. The third-order valence-corrected chi connectivity index (χ3v) is 4.67. The molecule has 1 aliphatic rings. The lowest BCUT2D eigenvalue weighted by atomic mass is 10.2. The fourth-order valence-electron chi connectivity index (χ4n) is 3.39. The minimum absolute atomic E-state index is 0.0345. The molecule has 0 saturated carbocycles. The first-order chi connectivity index (χ1) is 12.1. The van der Waals surface area contributed by atoms with Crippen LogP contribution in [0.4, 0.5) is 5.82 Å². The van der Waals surface area contributed by atoms with E-state index in [-0.39, 0.29) is 17.5 Å². The molecule has 25 heavy (non-hydrogen) atoms. The summed E-state index contributed by atoms with van der Waals surface area (Å²) in [6, 6.07) is 9.42. The van der Waals surface area contributed by atoms with Gasteiger partial charge in [0.25, 0.3) is 5.56 Å². The molecule has 1 unspecified atom stereocenters. The Hall–Kier alpha value is -2.76. The van der Waals surface area contributed by atoms with Crippen LogP contribution in [0.5, 0.6) is 0 Å². The number of nitrogens with zero attached hydrogens (tertiary/aromatic N) is 4. The second-order valence-corrected chi connectivity index (χ2v) is 6.75. The quantitative estimate of drug-likeness (QED) is 0.796. The first kappa shape index (κ1) is 15.7. The second-order valence-electron chi connectivity index (χ2n) is 6.75. The molecule has 0 amide bonds. The molecule has 0 spiro atoms. The molecule has 0 radical (unpaired) electrons. The molecule has 3 aromatic rings. The Bertz CT molecular complexity index is 965. The van der Waals surface area contributed by atoms with Crippen LogP contribution in [0.3, 0.4) is 0 Å². The summed E-state index contributed by atoms with van der Waals surface area (Å²) in [5, 5.41) is 0.625. The molecular formula is C19H21N5O. The van der Waals surface area contributed by atoms with E-state index in [1.54, 1.807) is 6.07 Å². The summed E-state index contributed by atoms with van der Waals surface area (Å²) in [5.74, 6) is 2.73. The van der Waals surface area contributed by atoms with E-state index in [9.17, 15) is 4.79 Å². The lowest BCUT2D eigenvalue weighted by Crippen LogP contribution is -2.27. The van der Waals surface area contributed by atoms with Crippen LogP contribution in [-0.4, -0.2) is 26.5 Å². The smallest absolute Gasteiger partial charge is 0.258 e. The Labute approximate surface area is 146 Å². The topological polar surface area (TPSA) is 74.8 Å². The number of nitrogens with one attached hydrogen (secondary N) is 1. The van der Waals surface area contributed by atoms with Gasteiger partial charge in [-0.1, -0.05) is 26.0 Å². The number of aromatic nitrogens is 4. The maximum Gasteiger partial charge on any atom is 0.258 e. The molecule has 4 rings (SSSR count). The van der Waals surface area contributed by atoms with Gasteiger partial charge in [0.2, 0.25) is 0 Å². The van der Waals surface area contributed by atoms with Crippen LogP contribution in [0.15, 0.2) is 41.3 Å². The Balaban J connectivity index is 1.75. The van der Waals surface area contributed by atoms with E-state index in [1.807, 2.05) is 30.5 Å². The number of aromatic amines is 1. The first-order valence-electron chi connectivity index (χ1n) is 8.72. The number of benzene rings is 1. The van der Waals surface area contributed by atoms with Crippen molar-refractivity contribution < 1.29 is 0 Å². The van der Waals surface area contributed by atoms with Gasteiger partial charge in [-0.15, -0.1) is 0 Å². The number of hydrogen-bond donors (Lipinski definition) is 1. The number of H-pyrrole nitrogens is 1. The van der Waals surface area contributed by atoms with Crippen LogP contribution in [0.25, 0.3) is 10.9 Å². The molecule has 0 aliphatic carbocycles. The van der Waals surface area contributed by atoms with E-state index in [4.69, 9.17) is 9.97 Å². The standard InChI is InChI=1S/C19H21N5O/c1-12(2)17-20-10-9-16(22-17)24-11-5-8-15(24)18-21-14-7-4-3-6-13(14)19(25)23-18/h3-4,6-7,9-10,12,15H,5,8,11H2,1-2H3,(H,21,23,25). The van der Waals surface area contributed by atoms with Gasteiger partial charge in [-0.3, -0.25) is 4.79 Å². The maximum absolute atomic E-state index is 12.4. The van der Waals surface area contributed by atoms with Crippen LogP contribution < -0.4 is 10.5 Å². The van der Waals surface area contributed by atoms with Crippen molar-refractivity contribution in [3.63, 3.8) is 0 Å². The minimum Gasteiger partial charge on any atom is -0.346 e. The Kier molecular flexibility index (Phi) is 3.95. The van der Waals surface area contributed by atoms with Gasteiger partial charge in [-0.05, 0) is 31.0 Å². The van der Waals surface area contributed by atoms with Crippen molar-refractivity contribution >= 4 is 16.7 Å². The summed E-state index contributed by atoms with van der Waals surface area (Å²) in [6.45, 7) is 5.07. The average Bonchev–Trinajstić information content (AvgIpc) is 3.11. The summed E-state index contributed by atoms with van der Waals surface area (Å²) in [6.07, 6.45) is 3.80. The van der Waals surface area contributed by atoms with Crippen molar-refractivity contribution in [3.8, 4) is 0 Å². The van der Waals surface area contributed by atoms with Gasteiger partial charge in [0.15, 0.2) is 0 Å². The molecule has 1 fully saturated rings. The zero-order valence-corrected chi connectivity index (χ0v) is 14.4. The van der Waals surface area contributed by atoms with Crippen molar-refractivity contribution in [1.29, 1.82) is 0 Å². The normalized spacial score (nSPS) is 17.6. The summed E-state index contributed by atoms with van der Waals surface area (Å²) in [4.78, 5) is 31.4. The molecule has 1 saturated heterocycles. The highest BCUT2D eigenvalue weighted by molar-refractivity contribution is 5.77. The van der Waals surface area contributed by atoms with E-state index >= 15 is 0 Å². The fourth-order valence-corrected chi connectivity index (χ4v) is 3.39. The van der Waals surface area contributed by atoms with Gasteiger partial charge < -0.3 is 9.88 Å². The predicted molar refractivity (Wildman–Crippen MR) is 97.8 cm³/mol. The van der Waals surface area contributed by atoms with Crippen LogP contribution in [0, 0.1) is 0 Å². The number of para-hydroxylation sites is 1. The third kappa shape index (κ3) is 2.88. The zero-order chi connectivity index (χ0) is 17.4. The van der Waals surface area contributed by atoms with E-state index in [1.165, 1.54) is 0 Å². The molecule has 0 bridgehead atoms. The molecule has 2 aromatic heterocycles. The fraction of sp³-hybridized carbons (Fsp3) is 0.368. The molecule has 6 nitrogen and oxygen atoms in total. The third-order valence-electron chi connectivity index (χ3n) is 4.67. The van der Waals surface area contributed by atoms with Crippen molar-refractivity contribution in [1.82, 2.24) is 19.9 Å². The Morgan fingerprint density at radius 2 is 2.04 bits per heavy atom. The van der Waals surface area contributed by atoms with Crippen molar-refractivity contribution in [2.24, 2.45) is 0 Å². The van der Waals surface area contributed by atoms with Gasteiger partial charge in [0.05, 0.1) is 16.9 Å². The highest BCUT2D eigenvalue weighted by atomic mass is 16.1. The molecule has 1 aliphatic heterocycles. The van der Waals surface area contributed by atoms with Crippen molar-refractivity contribution in [2.45, 2.75) is 38.6 Å². The maximum atomic E-state index is 12.4. The number of anilines is 1. The summed E-state index contributed by atoms with van der Waals surface area (Å²) < 4.78 is 0. The van der Waals surface area contributed by atoms with Crippen molar-refractivity contribution in [2.75, 3.05) is 11.4 Å². The molecule has 6 heteroatoms. The van der Waals surface area contributed by atoms with E-state index < -0.39 is 0 Å². The van der Waals surface area contributed by atoms with Crippen molar-refractivity contribution in [3.05, 3.63) is 58.5 Å². The van der Waals surface area contributed by atoms with Crippen LogP contribution in [-0.2, 0) is 0 Å². The zero-order valence-electron chi connectivity index (χ0n) is 14.4. The molecule has 1 aromatic carbocycles. The Morgan fingerprint density at radius 3 is 2.88 bits per heavy atom. The van der Waals surface area contributed by atoms with Gasteiger partial charge in [-0.2, -0.15) is 0 Å². The van der Waals surface area contributed by atoms with Crippen LogP contribution in [0.1, 0.15) is 50.3 Å². The van der Waals surface area contributed by atoms with Gasteiger partial charge in [0.1, 0.15) is 17.5 Å². The summed E-state index contributed by atoms with van der Waals surface area (Å²) >= 11 is 0.